The molecular formula is C12H15NO2. The van der Waals surface area contributed by atoms with E-state index in [9.17, 15) is 9.90 Å². The van der Waals surface area contributed by atoms with Crippen LogP contribution in [0.5, 0.6) is 5.75 Å². The molecule has 3 nitrogen and oxygen atoms in total. The molecule has 0 unspecified atom stereocenters. The van der Waals surface area contributed by atoms with Crippen LogP contribution in [0, 0.1) is 6.92 Å². The van der Waals surface area contributed by atoms with E-state index in [0.717, 1.165) is 0 Å². The lowest BCUT2D eigenvalue weighted by Crippen LogP contribution is -2.03. The highest BCUT2D eigenvalue weighted by atomic mass is 16.3. The van der Waals surface area contributed by atoms with Crippen molar-refractivity contribution in [1.29, 1.82) is 0 Å². The molecular weight excluding hydrogens is 190 g/mol. The van der Waals surface area contributed by atoms with Gasteiger partial charge in [0.25, 0.3) is 0 Å². The molecule has 80 valence electrons. The molecule has 0 aromatic heterocycles. The Labute approximate surface area is 89.6 Å². The summed E-state index contributed by atoms with van der Waals surface area (Å²) in [5.41, 5.74) is 1.05. The molecule has 0 spiro atoms. The van der Waals surface area contributed by atoms with E-state index in [2.05, 4.69) is 0 Å². The van der Waals surface area contributed by atoms with Gasteiger partial charge >= 0.3 is 0 Å². The van der Waals surface area contributed by atoms with Crippen LogP contribution in [0.2, 0.25) is 0 Å². The number of phenols is 1. The van der Waals surface area contributed by atoms with Crippen LogP contribution in [0.4, 0.5) is 0 Å². The Morgan fingerprint density at radius 1 is 1.40 bits per heavy atom. The normalized spacial score (nSPS) is 10.6. The van der Waals surface area contributed by atoms with Gasteiger partial charge in [-0.05, 0) is 18.6 Å². The summed E-state index contributed by atoms with van der Waals surface area (Å²) < 4.78 is 0. The third-order valence-electron chi connectivity index (χ3n) is 2.03. The molecule has 0 aliphatic rings. The Kier molecular flexibility index (Phi) is 3.50. The predicted octanol–water partition coefficient (Wildman–Crippen LogP) is 1.96. The number of rotatable bonds is 3. The summed E-state index contributed by atoms with van der Waals surface area (Å²) in [6.07, 6.45) is 3.10. The van der Waals surface area contributed by atoms with Crippen LogP contribution >= 0.6 is 0 Å². The molecule has 0 heterocycles. The van der Waals surface area contributed by atoms with E-state index in [4.69, 9.17) is 0 Å². The fourth-order valence-corrected chi connectivity index (χ4v) is 1.16. The van der Waals surface area contributed by atoms with Crippen LogP contribution in [0.25, 0.3) is 0 Å². The Balaban J connectivity index is 2.97. The van der Waals surface area contributed by atoms with Crippen molar-refractivity contribution in [2.75, 3.05) is 14.1 Å². The highest BCUT2D eigenvalue weighted by Crippen LogP contribution is 2.21. The number of hydrogen-bond acceptors (Lipinski definition) is 3. The minimum atomic E-state index is -0.190. The largest absolute Gasteiger partial charge is 0.507 e. The van der Waals surface area contributed by atoms with E-state index in [1.165, 1.54) is 6.08 Å². The smallest absolute Gasteiger partial charge is 0.191 e. The summed E-state index contributed by atoms with van der Waals surface area (Å²) in [6.45, 7) is 1.77. The Hall–Kier alpha value is -1.77. The second kappa shape index (κ2) is 4.64. The SMILES string of the molecule is Cc1cccc(C(=O)/C=C/N(C)C)c1O. The minimum Gasteiger partial charge on any atom is -0.507 e. The van der Waals surface area contributed by atoms with E-state index in [1.54, 1.807) is 36.2 Å². The molecule has 15 heavy (non-hydrogen) atoms. The van der Waals surface area contributed by atoms with Crippen LogP contribution in [-0.4, -0.2) is 29.9 Å². The number of hydrogen-bond donors (Lipinski definition) is 1. The first-order valence-corrected chi connectivity index (χ1v) is 4.70. The van der Waals surface area contributed by atoms with Crippen LogP contribution < -0.4 is 0 Å². The molecule has 1 aromatic carbocycles. The number of phenolic OH excluding ortho intramolecular Hbond substituents is 1. The van der Waals surface area contributed by atoms with Crippen molar-refractivity contribution in [3.05, 3.63) is 41.6 Å². The van der Waals surface area contributed by atoms with Gasteiger partial charge in [0.2, 0.25) is 0 Å². The molecule has 0 fully saturated rings. The number of nitrogens with zero attached hydrogens (tertiary/aromatic N) is 1. The van der Waals surface area contributed by atoms with Crippen molar-refractivity contribution in [3.63, 3.8) is 0 Å². The van der Waals surface area contributed by atoms with Crippen LogP contribution in [0.1, 0.15) is 15.9 Å². The average Bonchev–Trinajstić information content (AvgIpc) is 2.18. The van der Waals surface area contributed by atoms with Crippen molar-refractivity contribution in [2.24, 2.45) is 0 Å². The average molecular weight is 205 g/mol. The van der Waals surface area contributed by atoms with Gasteiger partial charge in [0.05, 0.1) is 5.56 Å². The summed E-state index contributed by atoms with van der Waals surface area (Å²) in [5.74, 6) is -0.129. The first-order valence-electron chi connectivity index (χ1n) is 4.70. The lowest BCUT2D eigenvalue weighted by atomic mass is 10.1. The number of ketones is 1. The van der Waals surface area contributed by atoms with Gasteiger partial charge < -0.3 is 10.0 Å². The number of allylic oxidation sites excluding steroid dienone is 1. The van der Waals surface area contributed by atoms with Gasteiger partial charge in [-0.25, -0.2) is 0 Å². The van der Waals surface area contributed by atoms with Gasteiger partial charge in [0.15, 0.2) is 5.78 Å². The highest BCUT2D eigenvalue weighted by molar-refractivity contribution is 6.06. The molecule has 0 bridgehead atoms. The first kappa shape index (κ1) is 11.3. The Bertz CT molecular complexity index is 395. The van der Waals surface area contributed by atoms with Crippen LogP contribution in [0.15, 0.2) is 30.5 Å². The number of carbonyl (C=O) groups is 1. The monoisotopic (exact) mass is 205 g/mol. The van der Waals surface area contributed by atoms with E-state index >= 15 is 0 Å². The maximum absolute atomic E-state index is 11.6. The second-order valence-electron chi connectivity index (χ2n) is 3.61. The van der Waals surface area contributed by atoms with Gasteiger partial charge in [-0.2, -0.15) is 0 Å². The molecule has 0 amide bonds. The van der Waals surface area contributed by atoms with Gasteiger partial charge in [-0.3, -0.25) is 4.79 Å². The van der Waals surface area contributed by atoms with Crippen molar-refractivity contribution < 1.29 is 9.90 Å². The quantitative estimate of drug-likeness (QED) is 0.605. The molecule has 1 N–H and O–H groups in total. The van der Waals surface area contributed by atoms with Crippen molar-refractivity contribution in [1.82, 2.24) is 4.90 Å². The second-order valence-corrected chi connectivity index (χ2v) is 3.61. The minimum absolute atomic E-state index is 0.0610. The molecule has 0 saturated heterocycles. The zero-order valence-corrected chi connectivity index (χ0v) is 9.19. The van der Waals surface area contributed by atoms with Crippen LogP contribution in [-0.2, 0) is 0 Å². The van der Waals surface area contributed by atoms with Crippen molar-refractivity contribution >= 4 is 5.78 Å². The Morgan fingerprint density at radius 2 is 2.07 bits per heavy atom. The lowest BCUT2D eigenvalue weighted by molar-refractivity contribution is 0.104. The van der Waals surface area contributed by atoms with Gasteiger partial charge in [0, 0.05) is 26.4 Å². The standard InChI is InChI=1S/C12H15NO2/c1-9-5-4-6-10(12(9)15)11(14)7-8-13(2)3/h4-8,15H,1-3H3/b8-7+. The third-order valence-corrected chi connectivity index (χ3v) is 2.03. The number of aryl methyl sites for hydroxylation is 1. The summed E-state index contributed by atoms with van der Waals surface area (Å²) >= 11 is 0. The third kappa shape index (κ3) is 2.84. The number of para-hydroxylation sites is 1. The molecule has 0 aliphatic heterocycles. The van der Waals surface area contributed by atoms with E-state index in [-0.39, 0.29) is 11.5 Å². The lowest BCUT2D eigenvalue weighted by Gasteiger charge is -2.05. The first-order chi connectivity index (χ1) is 7.02. The molecule has 0 aliphatic carbocycles. The van der Waals surface area contributed by atoms with Crippen LogP contribution in [0.3, 0.4) is 0 Å². The maximum Gasteiger partial charge on any atom is 0.191 e. The van der Waals surface area contributed by atoms with Crippen molar-refractivity contribution in [3.8, 4) is 5.75 Å². The maximum atomic E-state index is 11.6. The molecule has 0 atom stereocenters. The zero-order valence-electron chi connectivity index (χ0n) is 9.19. The van der Waals surface area contributed by atoms with Gasteiger partial charge in [-0.1, -0.05) is 12.1 Å². The van der Waals surface area contributed by atoms with E-state index in [0.29, 0.717) is 11.1 Å². The summed E-state index contributed by atoms with van der Waals surface area (Å²) in [7, 11) is 3.67. The summed E-state index contributed by atoms with van der Waals surface area (Å²) in [5, 5.41) is 9.66. The van der Waals surface area contributed by atoms with E-state index in [1.807, 2.05) is 14.1 Å². The van der Waals surface area contributed by atoms with Crippen molar-refractivity contribution in [2.45, 2.75) is 6.92 Å². The number of benzene rings is 1. The predicted molar refractivity (Wildman–Crippen MR) is 60.0 cm³/mol. The zero-order chi connectivity index (χ0) is 11.4. The summed E-state index contributed by atoms with van der Waals surface area (Å²) in [6, 6.07) is 5.14. The summed E-state index contributed by atoms with van der Waals surface area (Å²) in [4.78, 5) is 13.4. The molecule has 0 saturated carbocycles. The molecule has 1 rings (SSSR count). The fraction of sp³-hybridized carbons (Fsp3) is 0.250. The van der Waals surface area contributed by atoms with Gasteiger partial charge in [0.1, 0.15) is 5.75 Å². The van der Waals surface area contributed by atoms with Gasteiger partial charge in [-0.15, -0.1) is 0 Å². The molecule has 1 aromatic rings. The molecule has 3 heteroatoms. The van der Waals surface area contributed by atoms with E-state index < -0.39 is 0 Å². The fourth-order valence-electron chi connectivity index (χ4n) is 1.16. The molecule has 0 radical (unpaired) electrons. The number of carbonyl (C=O) groups excluding carboxylic acids is 1. The Morgan fingerprint density at radius 3 is 2.67 bits per heavy atom. The highest BCUT2D eigenvalue weighted by Gasteiger charge is 2.09. The topological polar surface area (TPSA) is 40.5 Å². The number of aromatic hydroxyl groups is 1.